The second-order valence-electron chi connectivity index (χ2n) is 6.32. The number of halogens is 1. The Kier molecular flexibility index (Phi) is 6.02. The Labute approximate surface area is 172 Å². The first kappa shape index (κ1) is 20.3. The van der Waals surface area contributed by atoms with Gasteiger partial charge in [0.1, 0.15) is 5.76 Å². The van der Waals surface area contributed by atoms with Crippen molar-refractivity contribution in [1.82, 2.24) is 4.72 Å². The molecule has 0 spiro atoms. The highest BCUT2D eigenvalue weighted by atomic mass is 79.9. The Morgan fingerprint density at radius 3 is 2.57 bits per heavy atom. The average molecular weight is 463 g/mol. The number of nitrogens with one attached hydrogen (secondary N) is 2. The predicted octanol–water partition coefficient (Wildman–Crippen LogP) is 4.39. The third-order valence-corrected chi connectivity index (χ3v) is 6.23. The van der Waals surface area contributed by atoms with Crippen molar-refractivity contribution in [3.8, 4) is 0 Å². The number of sulfonamides is 1. The summed E-state index contributed by atoms with van der Waals surface area (Å²) in [6.07, 6.45) is 1.47. The predicted molar refractivity (Wildman–Crippen MR) is 111 cm³/mol. The highest BCUT2D eigenvalue weighted by Gasteiger charge is 2.19. The molecule has 0 saturated heterocycles. The number of carbonyl (C=O) groups excluding carboxylic acids is 1. The SMILES string of the molecule is Cc1ccc(NC(=O)c2cc(S(=O)(=O)NCc3ccco3)ccc2Br)c(C)c1. The first-order valence-electron chi connectivity index (χ1n) is 8.46. The molecule has 0 radical (unpaired) electrons. The lowest BCUT2D eigenvalue weighted by Gasteiger charge is -2.12. The second-order valence-corrected chi connectivity index (χ2v) is 8.94. The largest absolute Gasteiger partial charge is 0.468 e. The van der Waals surface area contributed by atoms with Crippen molar-refractivity contribution in [2.45, 2.75) is 25.3 Å². The smallest absolute Gasteiger partial charge is 0.256 e. The van der Waals surface area contributed by atoms with E-state index in [1.165, 1.54) is 18.4 Å². The Morgan fingerprint density at radius 1 is 1.11 bits per heavy atom. The van der Waals surface area contributed by atoms with Crippen molar-refractivity contribution in [3.63, 3.8) is 0 Å². The first-order valence-corrected chi connectivity index (χ1v) is 10.7. The van der Waals surface area contributed by atoms with E-state index in [2.05, 4.69) is 26.0 Å². The summed E-state index contributed by atoms with van der Waals surface area (Å²) in [6, 6.07) is 13.4. The number of benzene rings is 2. The second kappa shape index (κ2) is 8.30. The lowest BCUT2D eigenvalue weighted by Crippen LogP contribution is -2.23. The maximum atomic E-state index is 12.7. The molecule has 3 aromatic rings. The summed E-state index contributed by atoms with van der Waals surface area (Å²) in [4.78, 5) is 12.7. The molecule has 0 bridgehead atoms. The molecule has 3 rings (SSSR count). The van der Waals surface area contributed by atoms with E-state index in [1.54, 1.807) is 18.2 Å². The lowest BCUT2D eigenvalue weighted by molar-refractivity contribution is 0.102. The molecule has 0 saturated carbocycles. The molecule has 0 atom stereocenters. The summed E-state index contributed by atoms with van der Waals surface area (Å²) >= 11 is 3.32. The summed E-state index contributed by atoms with van der Waals surface area (Å²) < 4.78 is 33.2. The van der Waals surface area contributed by atoms with E-state index < -0.39 is 15.9 Å². The Morgan fingerprint density at radius 2 is 1.89 bits per heavy atom. The lowest BCUT2D eigenvalue weighted by atomic mass is 10.1. The molecular weight excluding hydrogens is 444 g/mol. The van der Waals surface area contributed by atoms with E-state index in [1.807, 2.05) is 32.0 Å². The van der Waals surface area contributed by atoms with Gasteiger partial charge in [-0.05, 0) is 71.7 Å². The maximum Gasteiger partial charge on any atom is 0.256 e. The highest BCUT2D eigenvalue weighted by Crippen LogP contribution is 2.24. The van der Waals surface area contributed by atoms with Crippen LogP contribution in [0.3, 0.4) is 0 Å². The van der Waals surface area contributed by atoms with Crippen molar-refractivity contribution in [3.05, 3.63) is 81.7 Å². The number of hydrogen-bond donors (Lipinski definition) is 2. The van der Waals surface area contributed by atoms with E-state index in [9.17, 15) is 13.2 Å². The van der Waals surface area contributed by atoms with Gasteiger partial charge >= 0.3 is 0 Å². The number of aryl methyl sites for hydroxylation is 2. The summed E-state index contributed by atoms with van der Waals surface area (Å²) in [5, 5.41) is 2.83. The molecule has 146 valence electrons. The van der Waals surface area contributed by atoms with Crippen molar-refractivity contribution in [1.29, 1.82) is 0 Å². The molecule has 8 heteroatoms. The van der Waals surface area contributed by atoms with Crippen LogP contribution in [0.2, 0.25) is 0 Å². The summed E-state index contributed by atoms with van der Waals surface area (Å²) in [5.41, 5.74) is 2.91. The zero-order valence-electron chi connectivity index (χ0n) is 15.3. The van der Waals surface area contributed by atoms with Gasteiger partial charge in [0.25, 0.3) is 5.91 Å². The van der Waals surface area contributed by atoms with Gasteiger partial charge in [0.05, 0.1) is 23.3 Å². The van der Waals surface area contributed by atoms with Crippen molar-refractivity contribution in [2.75, 3.05) is 5.32 Å². The van der Waals surface area contributed by atoms with Crippen LogP contribution in [0.1, 0.15) is 27.2 Å². The van der Waals surface area contributed by atoms with Crippen LogP contribution in [0.5, 0.6) is 0 Å². The minimum Gasteiger partial charge on any atom is -0.468 e. The van der Waals surface area contributed by atoms with Crippen LogP contribution < -0.4 is 10.0 Å². The van der Waals surface area contributed by atoms with Crippen LogP contribution in [0.4, 0.5) is 5.69 Å². The fraction of sp³-hybridized carbons (Fsp3) is 0.150. The van der Waals surface area contributed by atoms with E-state index in [0.717, 1.165) is 11.1 Å². The topological polar surface area (TPSA) is 88.4 Å². The molecule has 28 heavy (non-hydrogen) atoms. The summed E-state index contributed by atoms with van der Waals surface area (Å²) in [7, 11) is -3.81. The van der Waals surface area contributed by atoms with Crippen molar-refractivity contribution in [2.24, 2.45) is 0 Å². The summed E-state index contributed by atoms with van der Waals surface area (Å²) in [6.45, 7) is 3.89. The van der Waals surface area contributed by atoms with Crippen LogP contribution >= 0.6 is 15.9 Å². The monoisotopic (exact) mass is 462 g/mol. The molecule has 0 aliphatic carbocycles. The van der Waals surface area contributed by atoms with E-state index in [4.69, 9.17) is 4.42 Å². The van der Waals surface area contributed by atoms with Crippen LogP contribution in [-0.2, 0) is 16.6 Å². The third kappa shape index (κ3) is 4.70. The van der Waals surface area contributed by atoms with Crippen LogP contribution in [0.25, 0.3) is 0 Å². The minimum absolute atomic E-state index is 0.00645. The molecule has 0 aliphatic heterocycles. The number of anilines is 1. The molecule has 0 fully saturated rings. The zero-order valence-corrected chi connectivity index (χ0v) is 17.7. The van der Waals surface area contributed by atoms with Gasteiger partial charge in [-0.15, -0.1) is 0 Å². The normalized spacial score (nSPS) is 11.4. The number of rotatable bonds is 6. The molecule has 2 aromatic carbocycles. The van der Waals surface area contributed by atoms with Crippen LogP contribution in [-0.4, -0.2) is 14.3 Å². The van der Waals surface area contributed by atoms with Gasteiger partial charge in [-0.2, -0.15) is 0 Å². The van der Waals surface area contributed by atoms with Gasteiger partial charge in [0.2, 0.25) is 10.0 Å². The number of hydrogen-bond acceptors (Lipinski definition) is 4. The first-order chi connectivity index (χ1) is 13.3. The van der Waals surface area contributed by atoms with Crippen molar-refractivity contribution >= 4 is 37.5 Å². The molecule has 1 aromatic heterocycles. The number of furan rings is 1. The molecule has 1 heterocycles. The van der Waals surface area contributed by atoms with E-state index in [0.29, 0.717) is 15.9 Å². The third-order valence-electron chi connectivity index (χ3n) is 4.14. The number of amides is 1. The zero-order chi connectivity index (χ0) is 20.3. The minimum atomic E-state index is -3.81. The number of carbonyl (C=O) groups is 1. The quantitative estimate of drug-likeness (QED) is 0.568. The molecule has 0 unspecified atom stereocenters. The highest BCUT2D eigenvalue weighted by molar-refractivity contribution is 9.10. The molecule has 1 amide bonds. The van der Waals surface area contributed by atoms with Gasteiger partial charge in [-0.3, -0.25) is 4.79 Å². The van der Waals surface area contributed by atoms with E-state index in [-0.39, 0.29) is 17.0 Å². The molecule has 6 nitrogen and oxygen atoms in total. The molecule has 2 N–H and O–H groups in total. The van der Waals surface area contributed by atoms with Crippen LogP contribution in [0.15, 0.2) is 68.6 Å². The summed E-state index contributed by atoms with van der Waals surface area (Å²) in [5.74, 6) is 0.0930. The van der Waals surface area contributed by atoms with Gasteiger partial charge in [-0.1, -0.05) is 17.7 Å². The van der Waals surface area contributed by atoms with E-state index >= 15 is 0 Å². The molecular formula is C20H19BrN2O4S. The fourth-order valence-corrected chi connectivity index (χ4v) is 4.10. The Balaban J connectivity index is 1.83. The average Bonchev–Trinajstić information content (AvgIpc) is 3.16. The van der Waals surface area contributed by atoms with Crippen molar-refractivity contribution < 1.29 is 17.6 Å². The molecule has 0 aliphatic rings. The van der Waals surface area contributed by atoms with Gasteiger partial charge in [-0.25, -0.2) is 13.1 Å². The standard InChI is InChI=1S/C20H19BrN2O4S/c1-13-5-8-19(14(2)10-13)23-20(24)17-11-16(6-7-18(17)21)28(25,26)22-12-15-4-3-9-27-15/h3-11,22H,12H2,1-2H3,(H,23,24). The maximum absolute atomic E-state index is 12.7. The van der Waals surface area contributed by atoms with Gasteiger partial charge in [0.15, 0.2) is 0 Å². The van der Waals surface area contributed by atoms with Crippen LogP contribution in [0, 0.1) is 13.8 Å². The van der Waals surface area contributed by atoms with Gasteiger partial charge < -0.3 is 9.73 Å². The van der Waals surface area contributed by atoms with Gasteiger partial charge in [0, 0.05) is 10.2 Å². The fourth-order valence-electron chi connectivity index (χ4n) is 2.65. The Hall–Kier alpha value is -2.42. The Bertz CT molecular complexity index is 1110.